The zero-order valence-corrected chi connectivity index (χ0v) is 15.9. The van der Waals surface area contributed by atoms with Gasteiger partial charge in [0, 0.05) is 6.54 Å². The van der Waals surface area contributed by atoms with E-state index in [4.69, 9.17) is 9.15 Å². The van der Waals surface area contributed by atoms with E-state index in [2.05, 4.69) is 5.32 Å². The minimum absolute atomic E-state index is 0.113. The highest BCUT2D eigenvalue weighted by Crippen LogP contribution is 2.22. The first-order valence-electron chi connectivity index (χ1n) is 9.37. The van der Waals surface area contributed by atoms with Gasteiger partial charge in [0.15, 0.2) is 0 Å². The van der Waals surface area contributed by atoms with Crippen molar-refractivity contribution in [1.82, 2.24) is 5.32 Å². The van der Waals surface area contributed by atoms with E-state index in [9.17, 15) is 14.0 Å². The summed E-state index contributed by atoms with van der Waals surface area (Å²) in [6.45, 7) is 0.260. The fourth-order valence-corrected chi connectivity index (χ4v) is 3.00. The molecule has 0 bridgehead atoms. The van der Waals surface area contributed by atoms with Gasteiger partial charge in [-0.05, 0) is 35.4 Å². The van der Waals surface area contributed by atoms with E-state index in [1.54, 1.807) is 36.4 Å². The Morgan fingerprint density at radius 3 is 2.37 bits per heavy atom. The van der Waals surface area contributed by atoms with E-state index in [0.29, 0.717) is 16.5 Å². The lowest BCUT2D eigenvalue weighted by molar-refractivity contribution is 0.0916. The van der Waals surface area contributed by atoms with Crippen LogP contribution in [0.1, 0.15) is 21.7 Å². The van der Waals surface area contributed by atoms with E-state index >= 15 is 0 Å². The van der Waals surface area contributed by atoms with Gasteiger partial charge in [-0.2, -0.15) is 0 Å². The number of ether oxygens (including phenoxy) is 1. The van der Waals surface area contributed by atoms with E-state index < -0.39 is 11.3 Å². The molecule has 3 aromatic carbocycles. The average Bonchev–Trinajstić information content (AvgIpc) is 2.78. The van der Waals surface area contributed by atoms with Gasteiger partial charge in [0.1, 0.15) is 18.0 Å². The molecule has 4 aromatic rings. The van der Waals surface area contributed by atoms with Gasteiger partial charge in [-0.25, -0.2) is 4.39 Å². The number of carbonyl (C=O) groups is 1. The molecule has 0 fully saturated rings. The van der Waals surface area contributed by atoms with Crippen molar-refractivity contribution < 1.29 is 18.3 Å². The highest BCUT2D eigenvalue weighted by molar-refractivity contribution is 5.96. The summed E-state index contributed by atoms with van der Waals surface area (Å²) >= 11 is 0. The molecule has 150 valence electrons. The molecule has 6 heteroatoms. The smallest absolute Gasteiger partial charge is 0.291 e. The maximum atomic E-state index is 13.1. The number of rotatable bonds is 6. The molecule has 0 saturated heterocycles. The Morgan fingerprint density at radius 2 is 1.60 bits per heavy atom. The van der Waals surface area contributed by atoms with Crippen LogP contribution in [0.4, 0.5) is 4.39 Å². The predicted octanol–water partition coefficient (Wildman–Crippen LogP) is 4.44. The summed E-state index contributed by atoms with van der Waals surface area (Å²) < 4.78 is 24.5. The number of halogens is 1. The zero-order chi connectivity index (χ0) is 20.9. The lowest BCUT2D eigenvalue weighted by Crippen LogP contribution is -2.25. The Morgan fingerprint density at radius 1 is 0.900 bits per heavy atom. The van der Waals surface area contributed by atoms with Crippen LogP contribution in [0, 0.1) is 5.82 Å². The highest BCUT2D eigenvalue weighted by atomic mass is 19.1. The number of nitrogens with one attached hydrogen (secondary N) is 1. The quantitative estimate of drug-likeness (QED) is 0.517. The largest absolute Gasteiger partial charge is 0.481 e. The SMILES string of the molecule is O=C(NCc1ccc(F)cc1)c1oc2ccccc2c(=O)c1OCc1ccccc1. The minimum atomic E-state index is -0.592. The molecule has 1 aromatic heterocycles. The van der Waals surface area contributed by atoms with Crippen LogP contribution >= 0.6 is 0 Å². The summed E-state index contributed by atoms with van der Waals surface area (Å²) in [6.07, 6.45) is 0. The van der Waals surface area contributed by atoms with Crippen LogP contribution in [-0.2, 0) is 13.2 Å². The standard InChI is InChI=1S/C24H18FNO4/c25-18-12-10-16(11-13-18)14-26-24(28)23-22(29-15-17-6-2-1-3-7-17)21(27)19-8-4-5-9-20(19)30-23/h1-13H,14-15H2,(H,26,28). The predicted molar refractivity (Wildman–Crippen MR) is 111 cm³/mol. The topological polar surface area (TPSA) is 68.5 Å². The Kier molecular flexibility index (Phi) is 5.57. The fraction of sp³-hybridized carbons (Fsp3) is 0.0833. The van der Waals surface area contributed by atoms with E-state index in [0.717, 1.165) is 5.56 Å². The number of para-hydroxylation sites is 1. The average molecular weight is 403 g/mol. The number of hydrogen-bond acceptors (Lipinski definition) is 4. The van der Waals surface area contributed by atoms with Gasteiger partial charge < -0.3 is 14.5 Å². The van der Waals surface area contributed by atoms with Gasteiger partial charge in [-0.1, -0.05) is 54.6 Å². The van der Waals surface area contributed by atoms with Crippen molar-refractivity contribution in [2.24, 2.45) is 0 Å². The monoisotopic (exact) mass is 403 g/mol. The third-order valence-corrected chi connectivity index (χ3v) is 4.55. The second-order valence-electron chi connectivity index (χ2n) is 6.67. The van der Waals surface area contributed by atoms with Gasteiger partial charge in [0.25, 0.3) is 5.91 Å². The molecular weight excluding hydrogens is 385 g/mol. The van der Waals surface area contributed by atoms with Gasteiger partial charge >= 0.3 is 0 Å². The lowest BCUT2D eigenvalue weighted by Gasteiger charge is -2.12. The van der Waals surface area contributed by atoms with Gasteiger partial charge in [0.2, 0.25) is 16.9 Å². The molecule has 30 heavy (non-hydrogen) atoms. The summed E-state index contributed by atoms with van der Waals surface area (Å²) in [5.74, 6) is -1.29. The summed E-state index contributed by atoms with van der Waals surface area (Å²) in [6, 6.07) is 21.7. The van der Waals surface area contributed by atoms with Crippen molar-refractivity contribution in [3.8, 4) is 5.75 Å². The first kappa shape index (κ1) is 19.4. The van der Waals surface area contributed by atoms with Gasteiger partial charge in [-0.3, -0.25) is 9.59 Å². The van der Waals surface area contributed by atoms with Crippen molar-refractivity contribution in [2.75, 3.05) is 0 Å². The second kappa shape index (κ2) is 8.61. The second-order valence-corrected chi connectivity index (χ2v) is 6.67. The van der Waals surface area contributed by atoms with Crippen LogP contribution in [0.2, 0.25) is 0 Å². The summed E-state index contributed by atoms with van der Waals surface area (Å²) in [5, 5.41) is 3.02. The highest BCUT2D eigenvalue weighted by Gasteiger charge is 2.22. The van der Waals surface area contributed by atoms with Crippen molar-refractivity contribution in [1.29, 1.82) is 0 Å². The molecular formula is C24H18FNO4. The molecule has 0 saturated carbocycles. The molecule has 0 spiro atoms. The number of fused-ring (bicyclic) bond motifs is 1. The molecule has 4 rings (SSSR count). The zero-order valence-electron chi connectivity index (χ0n) is 15.9. The van der Waals surface area contributed by atoms with Crippen LogP contribution < -0.4 is 15.5 Å². The summed E-state index contributed by atoms with van der Waals surface area (Å²) in [5.41, 5.74) is 1.43. The van der Waals surface area contributed by atoms with Gasteiger partial charge in [-0.15, -0.1) is 0 Å². The fourth-order valence-electron chi connectivity index (χ4n) is 3.00. The maximum absolute atomic E-state index is 13.1. The Hall–Kier alpha value is -3.93. The molecule has 0 atom stereocenters. The maximum Gasteiger partial charge on any atom is 0.291 e. The Bertz CT molecular complexity index is 1230. The first-order valence-corrected chi connectivity index (χ1v) is 9.37. The van der Waals surface area contributed by atoms with Crippen LogP contribution in [0.25, 0.3) is 11.0 Å². The number of hydrogen-bond donors (Lipinski definition) is 1. The third kappa shape index (κ3) is 4.22. The normalized spacial score (nSPS) is 10.7. The van der Waals surface area contributed by atoms with Gasteiger partial charge in [0.05, 0.1) is 5.39 Å². The number of carbonyl (C=O) groups excluding carboxylic acids is 1. The molecule has 0 unspecified atom stereocenters. The molecule has 1 N–H and O–H groups in total. The molecule has 5 nitrogen and oxygen atoms in total. The van der Waals surface area contributed by atoms with Crippen LogP contribution in [0.5, 0.6) is 5.75 Å². The van der Waals surface area contributed by atoms with E-state index in [1.165, 1.54) is 12.1 Å². The van der Waals surface area contributed by atoms with E-state index in [1.807, 2.05) is 30.3 Å². The van der Waals surface area contributed by atoms with Crippen molar-refractivity contribution in [3.05, 3.63) is 112 Å². The van der Waals surface area contributed by atoms with Crippen LogP contribution in [-0.4, -0.2) is 5.91 Å². The van der Waals surface area contributed by atoms with Crippen molar-refractivity contribution in [2.45, 2.75) is 13.2 Å². The molecule has 0 aliphatic heterocycles. The van der Waals surface area contributed by atoms with Crippen LogP contribution in [0.3, 0.4) is 0 Å². The summed E-state index contributed by atoms with van der Waals surface area (Å²) in [4.78, 5) is 25.8. The minimum Gasteiger partial charge on any atom is -0.481 e. The van der Waals surface area contributed by atoms with E-state index in [-0.39, 0.29) is 30.5 Å². The molecule has 0 aliphatic rings. The van der Waals surface area contributed by atoms with Crippen molar-refractivity contribution in [3.63, 3.8) is 0 Å². The number of amides is 1. The summed E-state index contributed by atoms with van der Waals surface area (Å²) in [7, 11) is 0. The Labute approximate surface area is 171 Å². The molecule has 1 heterocycles. The van der Waals surface area contributed by atoms with Crippen molar-refractivity contribution >= 4 is 16.9 Å². The number of benzene rings is 3. The molecule has 1 amide bonds. The molecule has 0 radical (unpaired) electrons. The Balaban J connectivity index is 1.64. The van der Waals surface area contributed by atoms with Crippen LogP contribution in [0.15, 0.2) is 88.1 Å². The molecule has 0 aliphatic carbocycles. The first-order chi connectivity index (χ1) is 14.6. The third-order valence-electron chi connectivity index (χ3n) is 4.55. The lowest BCUT2D eigenvalue weighted by atomic mass is 10.2.